The lowest BCUT2D eigenvalue weighted by atomic mass is 10.1. The van der Waals surface area contributed by atoms with Crippen LogP contribution in [0.4, 0.5) is 0 Å². The smallest absolute Gasteiger partial charge is 0.326 e. The van der Waals surface area contributed by atoms with Crippen LogP contribution in [-0.4, -0.2) is 53.2 Å². The summed E-state index contributed by atoms with van der Waals surface area (Å²) in [5, 5.41) is 22.4. The molecule has 8 heteroatoms. The van der Waals surface area contributed by atoms with E-state index in [1.165, 1.54) is 6.92 Å². The summed E-state index contributed by atoms with van der Waals surface area (Å²) in [4.78, 5) is 33.5. The van der Waals surface area contributed by atoms with Crippen molar-refractivity contribution in [3.05, 3.63) is 0 Å². The highest BCUT2D eigenvalue weighted by Gasteiger charge is 2.24. The summed E-state index contributed by atoms with van der Waals surface area (Å²) in [6, 6.07) is -2.20. The highest BCUT2D eigenvalue weighted by Crippen LogP contribution is 2.01. The number of nitrogens with one attached hydrogen (secondary N) is 2. The highest BCUT2D eigenvalue weighted by molar-refractivity contribution is 5.89. The Morgan fingerprint density at radius 3 is 2.21 bits per heavy atom. The first-order valence-electron chi connectivity index (χ1n) is 6.03. The van der Waals surface area contributed by atoms with Crippen LogP contribution >= 0.6 is 0 Å². The van der Waals surface area contributed by atoms with E-state index in [0.29, 0.717) is 19.4 Å². The monoisotopic (exact) mass is 275 g/mol. The van der Waals surface area contributed by atoms with Crippen LogP contribution in [0.25, 0.3) is 0 Å². The van der Waals surface area contributed by atoms with Gasteiger partial charge in [0.25, 0.3) is 0 Å². The first-order chi connectivity index (χ1) is 8.92. The number of nitrogens with two attached hydrogens (primary N) is 1. The number of rotatable bonds is 9. The van der Waals surface area contributed by atoms with Gasteiger partial charge in [0.05, 0.1) is 6.61 Å². The fraction of sp³-hybridized carbons (Fsp3) is 0.727. The van der Waals surface area contributed by atoms with Gasteiger partial charge in [-0.05, 0) is 25.8 Å². The van der Waals surface area contributed by atoms with Crippen molar-refractivity contribution < 1.29 is 24.6 Å². The normalized spacial score (nSPS) is 13.4. The molecule has 0 rings (SSSR count). The second kappa shape index (κ2) is 9.29. The number of hydrogen-bond acceptors (Lipinski definition) is 5. The van der Waals surface area contributed by atoms with Crippen LogP contribution in [0.1, 0.15) is 26.2 Å². The molecule has 0 aromatic heterocycles. The summed E-state index contributed by atoms with van der Waals surface area (Å²) in [5.74, 6) is -2.37. The molecule has 0 saturated heterocycles. The molecule has 0 bridgehead atoms. The molecule has 0 aromatic rings. The second-order valence-corrected chi connectivity index (χ2v) is 4.12. The minimum Gasteiger partial charge on any atom is -0.480 e. The Labute approximate surface area is 111 Å². The van der Waals surface area contributed by atoms with Crippen molar-refractivity contribution in [2.24, 2.45) is 5.73 Å². The lowest BCUT2D eigenvalue weighted by molar-refractivity contribution is -0.142. The number of aliphatic hydroxyl groups excluding tert-OH is 1. The van der Waals surface area contributed by atoms with Crippen LogP contribution in [0.3, 0.4) is 0 Å². The van der Waals surface area contributed by atoms with Gasteiger partial charge in [-0.3, -0.25) is 9.59 Å². The van der Waals surface area contributed by atoms with Gasteiger partial charge in [0.15, 0.2) is 0 Å². The molecule has 0 aliphatic heterocycles. The maximum atomic E-state index is 11.7. The molecule has 8 nitrogen and oxygen atoms in total. The van der Waals surface area contributed by atoms with E-state index in [9.17, 15) is 14.4 Å². The first kappa shape index (κ1) is 17.3. The zero-order valence-electron chi connectivity index (χ0n) is 10.9. The molecule has 0 heterocycles. The molecule has 0 aromatic carbocycles. The number of unbranched alkanes of at least 4 members (excludes halogenated alkanes) is 1. The van der Waals surface area contributed by atoms with Crippen molar-refractivity contribution in [3.8, 4) is 0 Å². The van der Waals surface area contributed by atoms with Crippen LogP contribution in [0.15, 0.2) is 0 Å². The van der Waals surface area contributed by atoms with Crippen molar-refractivity contribution in [3.63, 3.8) is 0 Å². The van der Waals surface area contributed by atoms with Crippen LogP contribution in [0.5, 0.6) is 0 Å². The molecule has 0 saturated carbocycles. The Hall–Kier alpha value is -1.67. The predicted octanol–water partition coefficient (Wildman–Crippen LogP) is -1.82. The average molecular weight is 275 g/mol. The van der Waals surface area contributed by atoms with Crippen molar-refractivity contribution in [2.75, 3.05) is 13.2 Å². The van der Waals surface area contributed by atoms with E-state index >= 15 is 0 Å². The highest BCUT2D eigenvalue weighted by atomic mass is 16.4. The minimum atomic E-state index is -1.16. The Balaban J connectivity index is 4.43. The second-order valence-electron chi connectivity index (χ2n) is 4.12. The summed E-state index contributed by atoms with van der Waals surface area (Å²) in [7, 11) is 0. The van der Waals surface area contributed by atoms with Crippen molar-refractivity contribution in [1.29, 1.82) is 0 Å². The molecule has 0 aliphatic rings. The molecule has 0 spiro atoms. The minimum absolute atomic E-state index is 0.247. The summed E-state index contributed by atoms with van der Waals surface area (Å²) in [6.07, 6.45) is 1.48. The maximum Gasteiger partial charge on any atom is 0.326 e. The van der Waals surface area contributed by atoms with Gasteiger partial charge in [-0.2, -0.15) is 0 Å². The van der Waals surface area contributed by atoms with Gasteiger partial charge in [0, 0.05) is 6.92 Å². The number of aliphatic hydroxyl groups is 1. The lowest BCUT2D eigenvalue weighted by Crippen LogP contribution is -2.52. The maximum absolute atomic E-state index is 11.7. The van der Waals surface area contributed by atoms with Crippen LogP contribution in [-0.2, 0) is 14.4 Å². The van der Waals surface area contributed by atoms with E-state index in [0.717, 1.165) is 0 Å². The molecule has 0 aliphatic carbocycles. The molecular weight excluding hydrogens is 254 g/mol. The zero-order chi connectivity index (χ0) is 14.8. The molecule has 0 unspecified atom stereocenters. The number of carbonyl (C=O) groups is 3. The van der Waals surface area contributed by atoms with Crippen LogP contribution in [0, 0.1) is 0 Å². The van der Waals surface area contributed by atoms with E-state index in [-0.39, 0.29) is 6.42 Å². The summed E-state index contributed by atoms with van der Waals surface area (Å²) < 4.78 is 0. The Bertz CT molecular complexity index is 321. The Morgan fingerprint density at radius 2 is 1.79 bits per heavy atom. The third kappa shape index (κ3) is 7.37. The molecule has 19 heavy (non-hydrogen) atoms. The third-order valence-corrected chi connectivity index (χ3v) is 2.44. The van der Waals surface area contributed by atoms with Gasteiger partial charge < -0.3 is 26.6 Å². The molecule has 0 fully saturated rings. The summed E-state index contributed by atoms with van der Waals surface area (Å²) >= 11 is 0. The molecule has 110 valence electrons. The fourth-order valence-electron chi connectivity index (χ4n) is 1.46. The van der Waals surface area contributed by atoms with E-state index in [2.05, 4.69) is 10.6 Å². The summed E-state index contributed by atoms with van der Waals surface area (Å²) in [6.45, 7) is 1.05. The topological polar surface area (TPSA) is 142 Å². The van der Waals surface area contributed by atoms with E-state index in [4.69, 9.17) is 15.9 Å². The Morgan fingerprint density at radius 1 is 1.16 bits per heavy atom. The van der Waals surface area contributed by atoms with Gasteiger partial charge in [-0.25, -0.2) is 4.79 Å². The standard InChI is InChI=1S/C11H21N3O5/c1-7(16)13-9(6-15)10(17)14-8(11(18)19)4-2-3-5-12/h8-9,15H,2-6,12H2,1H3,(H,13,16)(H,14,17)(H,18,19)/t8-,9+/m0/s1. The number of amides is 2. The molecule has 6 N–H and O–H groups in total. The number of carbonyl (C=O) groups excluding carboxylic acids is 2. The first-order valence-corrected chi connectivity index (χ1v) is 6.03. The molecule has 0 radical (unpaired) electrons. The van der Waals surface area contributed by atoms with Crippen molar-refractivity contribution in [2.45, 2.75) is 38.3 Å². The van der Waals surface area contributed by atoms with Crippen molar-refractivity contribution >= 4 is 17.8 Å². The van der Waals surface area contributed by atoms with E-state index in [1.807, 2.05) is 0 Å². The number of aliphatic carboxylic acids is 1. The third-order valence-electron chi connectivity index (χ3n) is 2.44. The quantitative estimate of drug-likeness (QED) is 0.314. The van der Waals surface area contributed by atoms with Gasteiger partial charge >= 0.3 is 5.97 Å². The molecule has 2 amide bonds. The molecule has 2 atom stereocenters. The largest absolute Gasteiger partial charge is 0.480 e. The van der Waals surface area contributed by atoms with E-state index in [1.54, 1.807) is 0 Å². The average Bonchev–Trinajstić information content (AvgIpc) is 2.34. The summed E-state index contributed by atoms with van der Waals surface area (Å²) in [5.41, 5.74) is 5.30. The van der Waals surface area contributed by atoms with Crippen LogP contribution in [0.2, 0.25) is 0 Å². The van der Waals surface area contributed by atoms with Crippen molar-refractivity contribution in [1.82, 2.24) is 10.6 Å². The Kier molecular flexibility index (Phi) is 8.47. The van der Waals surface area contributed by atoms with Crippen LogP contribution < -0.4 is 16.4 Å². The van der Waals surface area contributed by atoms with Gasteiger partial charge in [-0.1, -0.05) is 0 Å². The van der Waals surface area contributed by atoms with E-state index < -0.39 is 36.5 Å². The van der Waals surface area contributed by atoms with Gasteiger partial charge in [0.2, 0.25) is 11.8 Å². The zero-order valence-corrected chi connectivity index (χ0v) is 10.9. The predicted molar refractivity (Wildman–Crippen MR) is 67.2 cm³/mol. The SMILES string of the molecule is CC(=O)N[C@H](CO)C(=O)N[C@@H](CCCCN)C(=O)O. The van der Waals surface area contributed by atoms with Gasteiger partial charge in [-0.15, -0.1) is 0 Å². The fourth-order valence-corrected chi connectivity index (χ4v) is 1.46. The number of hydrogen-bond donors (Lipinski definition) is 5. The lowest BCUT2D eigenvalue weighted by Gasteiger charge is -2.19. The van der Waals surface area contributed by atoms with Gasteiger partial charge in [0.1, 0.15) is 12.1 Å². The number of carboxylic acid groups (broad SMARTS) is 1. The number of carboxylic acids is 1. The molecular formula is C11H21N3O5.